The SMILES string of the molecule is C=C1[C@H]2C[C@@H](OC(=O)/C=C\C=C\[C@@H]3O[C@H]3C)[C@]1(C)[C@@]1(C)CCC(C)=C[C@H]1O2. The van der Waals surface area contributed by atoms with E-state index in [1.165, 1.54) is 11.6 Å². The Morgan fingerprint density at radius 2 is 2.07 bits per heavy atom. The number of rotatable bonds is 4. The van der Waals surface area contributed by atoms with Crippen molar-refractivity contribution in [3.63, 3.8) is 0 Å². The van der Waals surface area contributed by atoms with E-state index in [1.807, 2.05) is 19.1 Å². The van der Waals surface area contributed by atoms with Gasteiger partial charge in [0.2, 0.25) is 0 Å². The van der Waals surface area contributed by atoms with Crippen molar-refractivity contribution in [1.82, 2.24) is 0 Å². The minimum atomic E-state index is -0.307. The van der Waals surface area contributed by atoms with Gasteiger partial charge in [-0.2, -0.15) is 0 Å². The van der Waals surface area contributed by atoms with Gasteiger partial charge < -0.3 is 14.2 Å². The zero-order valence-corrected chi connectivity index (χ0v) is 16.7. The van der Waals surface area contributed by atoms with E-state index in [-0.39, 0.29) is 47.3 Å². The molecular formula is C23H30O4. The minimum absolute atomic E-state index is 0.0367. The number of epoxide rings is 1. The first kappa shape index (κ1) is 18.7. The lowest BCUT2D eigenvalue weighted by Crippen LogP contribution is -2.56. The average Bonchev–Trinajstić information content (AvgIpc) is 3.29. The third kappa shape index (κ3) is 2.94. The van der Waals surface area contributed by atoms with Gasteiger partial charge in [0.05, 0.1) is 18.3 Å². The number of esters is 1. The molecule has 0 unspecified atom stereocenters. The van der Waals surface area contributed by atoms with Crippen LogP contribution in [0.25, 0.3) is 0 Å². The van der Waals surface area contributed by atoms with Crippen LogP contribution in [0.15, 0.2) is 48.1 Å². The van der Waals surface area contributed by atoms with Crippen molar-refractivity contribution >= 4 is 5.97 Å². The molecule has 2 bridgehead atoms. The van der Waals surface area contributed by atoms with E-state index in [4.69, 9.17) is 14.2 Å². The minimum Gasteiger partial charge on any atom is -0.458 e. The highest BCUT2D eigenvalue weighted by molar-refractivity contribution is 5.82. The smallest absolute Gasteiger partial charge is 0.331 e. The van der Waals surface area contributed by atoms with Crippen LogP contribution in [0.2, 0.25) is 0 Å². The zero-order chi connectivity index (χ0) is 19.4. The first-order valence-corrected chi connectivity index (χ1v) is 9.98. The van der Waals surface area contributed by atoms with Gasteiger partial charge in [0.1, 0.15) is 12.2 Å². The highest BCUT2D eigenvalue weighted by Gasteiger charge is 2.66. The summed E-state index contributed by atoms with van der Waals surface area (Å²) in [6.07, 6.45) is 12.3. The van der Waals surface area contributed by atoms with E-state index < -0.39 is 0 Å². The third-order valence-electron chi connectivity index (χ3n) is 7.39. The molecule has 1 saturated carbocycles. The number of hydrogen-bond acceptors (Lipinski definition) is 4. The van der Waals surface area contributed by atoms with Crippen molar-refractivity contribution < 1.29 is 19.0 Å². The maximum atomic E-state index is 12.4. The molecule has 0 aromatic rings. The van der Waals surface area contributed by atoms with Crippen LogP contribution in [0.1, 0.15) is 47.0 Å². The van der Waals surface area contributed by atoms with Gasteiger partial charge in [-0.25, -0.2) is 4.79 Å². The van der Waals surface area contributed by atoms with Crippen molar-refractivity contribution in [2.45, 2.75) is 77.5 Å². The molecule has 4 nitrogen and oxygen atoms in total. The third-order valence-corrected chi connectivity index (χ3v) is 7.39. The quantitative estimate of drug-likeness (QED) is 0.244. The van der Waals surface area contributed by atoms with Crippen molar-refractivity contribution in [3.05, 3.63) is 48.1 Å². The number of fused-ring (bicyclic) bond motifs is 4. The summed E-state index contributed by atoms with van der Waals surface area (Å²) in [4.78, 5) is 12.4. The van der Waals surface area contributed by atoms with Crippen LogP contribution < -0.4 is 0 Å². The summed E-state index contributed by atoms with van der Waals surface area (Å²) in [6, 6.07) is 0. The number of allylic oxidation sites excluding steroid dienone is 3. The molecule has 0 spiro atoms. The second-order valence-electron chi connectivity index (χ2n) is 8.91. The van der Waals surface area contributed by atoms with Crippen LogP contribution in [0.4, 0.5) is 0 Å². The topological polar surface area (TPSA) is 48.1 Å². The Labute approximate surface area is 161 Å². The standard InChI is InChI=1S/C23H30O4/c1-14-10-11-22(4)19(12-14)26-18-13-20(23(22,5)15(18)2)27-21(24)9-7-6-8-17-16(3)25-17/h6-9,12,16-20H,2,10-11,13H2,1,3-5H3/b8-6+,9-7-/t16-,17-,18+,19+,20+,22-,23+/m0/s1. The van der Waals surface area contributed by atoms with Crippen LogP contribution in [0.3, 0.4) is 0 Å². The van der Waals surface area contributed by atoms with Crippen LogP contribution in [-0.4, -0.2) is 36.5 Å². The second kappa shape index (κ2) is 6.46. The van der Waals surface area contributed by atoms with Gasteiger partial charge in [0.25, 0.3) is 0 Å². The molecule has 2 aliphatic heterocycles. The molecule has 4 rings (SSSR count). The van der Waals surface area contributed by atoms with Crippen LogP contribution in [0.5, 0.6) is 0 Å². The Balaban J connectivity index is 1.49. The molecule has 0 amide bonds. The fourth-order valence-corrected chi connectivity index (χ4v) is 5.09. The van der Waals surface area contributed by atoms with Crippen molar-refractivity contribution in [2.75, 3.05) is 0 Å². The summed E-state index contributed by atoms with van der Waals surface area (Å²) in [5, 5.41) is 0. The van der Waals surface area contributed by atoms with Crippen molar-refractivity contribution in [3.8, 4) is 0 Å². The molecule has 0 aromatic heterocycles. The first-order valence-electron chi connectivity index (χ1n) is 9.98. The van der Waals surface area contributed by atoms with Crippen LogP contribution in [-0.2, 0) is 19.0 Å². The Morgan fingerprint density at radius 1 is 1.33 bits per heavy atom. The number of ether oxygens (including phenoxy) is 3. The molecule has 3 fully saturated rings. The molecule has 4 heteroatoms. The Kier molecular flexibility index (Phi) is 4.47. The van der Waals surface area contributed by atoms with Crippen molar-refractivity contribution in [1.29, 1.82) is 0 Å². The monoisotopic (exact) mass is 370 g/mol. The fraction of sp³-hybridized carbons (Fsp3) is 0.609. The fourth-order valence-electron chi connectivity index (χ4n) is 5.09. The lowest BCUT2D eigenvalue weighted by Gasteiger charge is -2.55. The lowest BCUT2D eigenvalue weighted by molar-refractivity contribution is -0.158. The normalized spacial score (nSPS) is 45.9. The van der Waals surface area contributed by atoms with E-state index in [0.29, 0.717) is 6.42 Å². The molecule has 0 aromatic carbocycles. The van der Waals surface area contributed by atoms with E-state index in [1.54, 1.807) is 6.08 Å². The maximum Gasteiger partial charge on any atom is 0.331 e. The molecule has 2 aliphatic carbocycles. The molecular weight excluding hydrogens is 340 g/mol. The molecule has 0 N–H and O–H groups in total. The summed E-state index contributed by atoms with van der Waals surface area (Å²) in [5.74, 6) is -0.307. The molecule has 2 heterocycles. The first-order chi connectivity index (χ1) is 12.8. The molecule has 146 valence electrons. The van der Waals surface area contributed by atoms with E-state index in [9.17, 15) is 4.79 Å². The summed E-state index contributed by atoms with van der Waals surface area (Å²) < 4.78 is 17.6. The predicted octanol–water partition coefficient (Wildman–Crippen LogP) is 4.28. The maximum absolute atomic E-state index is 12.4. The van der Waals surface area contributed by atoms with E-state index in [2.05, 4.69) is 33.4 Å². The number of carbonyl (C=O) groups excluding carboxylic acids is 1. The highest BCUT2D eigenvalue weighted by atomic mass is 16.6. The lowest BCUT2D eigenvalue weighted by atomic mass is 9.54. The van der Waals surface area contributed by atoms with Gasteiger partial charge in [-0.3, -0.25) is 0 Å². The largest absolute Gasteiger partial charge is 0.458 e. The number of carbonyl (C=O) groups is 1. The second-order valence-corrected chi connectivity index (χ2v) is 8.91. The van der Waals surface area contributed by atoms with Gasteiger partial charge in [-0.05, 0) is 32.3 Å². The van der Waals surface area contributed by atoms with E-state index >= 15 is 0 Å². The van der Waals surface area contributed by atoms with Crippen molar-refractivity contribution in [2.24, 2.45) is 10.8 Å². The summed E-state index contributed by atoms with van der Waals surface area (Å²) >= 11 is 0. The molecule has 0 radical (unpaired) electrons. The van der Waals surface area contributed by atoms with Crippen LogP contribution in [0, 0.1) is 10.8 Å². The molecule has 2 saturated heterocycles. The van der Waals surface area contributed by atoms with Gasteiger partial charge in [-0.15, -0.1) is 0 Å². The van der Waals surface area contributed by atoms with Gasteiger partial charge in [-0.1, -0.05) is 50.3 Å². The predicted molar refractivity (Wildman–Crippen MR) is 104 cm³/mol. The highest BCUT2D eigenvalue weighted by Crippen LogP contribution is 2.64. The van der Waals surface area contributed by atoms with E-state index in [0.717, 1.165) is 18.4 Å². The summed E-state index contributed by atoms with van der Waals surface area (Å²) in [7, 11) is 0. The Hall–Kier alpha value is -1.65. The molecule has 4 aliphatic rings. The summed E-state index contributed by atoms with van der Waals surface area (Å²) in [5.41, 5.74) is 2.08. The van der Waals surface area contributed by atoms with Gasteiger partial charge >= 0.3 is 5.97 Å². The van der Waals surface area contributed by atoms with Crippen LogP contribution >= 0.6 is 0 Å². The number of hydrogen-bond donors (Lipinski definition) is 0. The Morgan fingerprint density at radius 3 is 2.78 bits per heavy atom. The summed E-state index contributed by atoms with van der Waals surface area (Å²) in [6.45, 7) is 13.0. The molecule has 7 atom stereocenters. The van der Waals surface area contributed by atoms with Gasteiger partial charge in [0.15, 0.2) is 0 Å². The zero-order valence-electron chi connectivity index (χ0n) is 16.7. The van der Waals surface area contributed by atoms with Gasteiger partial charge in [0, 0.05) is 23.3 Å². The Bertz CT molecular complexity index is 747. The average molecular weight is 370 g/mol. The molecule has 27 heavy (non-hydrogen) atoms.